The predicted octanol–water partition coefficient (Wildman–Crippen LogP) is 4.65. The molecule has 0 aliphatic carbocycles. The van der Waals surface area contributed by atoms with E-state index in [1.807, 2.05) is 24.3 Å². The van der Waals surface area contributed by atoms with Crippen LogP contribution >= 0.6 is 27.5 Å². The molecule has 1 aromatic heterocycles. The number of rotatable bonds is 2. The van der Waals surface area contributed by atoms with E-state index >= 15 is 0 Å². The molecule has 0 fully saturated rings. The topological polar surface area (TPSA) is 25.6 Å². The first-order valence-electron chi connectivity index (χ1n) is 6.50. The van der Waals surface area contributed by atoms with Gasteiger partial charge in [-0.2, -0.15) is 0 Å². The number of hydrogen-bond acceptors (Lipinski definition) is 3. The van der Waals surface area contributed by atoms with E-state index in [0.29, 0.717) is 10.8 Å². The SMILES string of the molecule is CN1CCC(Oc2cccc(Br)c2Cl)c2ccoc2C1. The van der Waals surface area contributed by atoms with Crippen LogP contribution in [0.5, 0.6) is 5.75 Å². The lowest BCUT2D eigenvalue weighted by atomic mass is 10.1. The van der Waals surface area contributed by atoms with Crippen LogP contribution in [-0.2, 0) is 6.54 Å². The number of furan rings is 1. The molecule has 3 nitrogen and oxygen atoms in total. The minimum atomic E-state index is -0.0273. The first-order chi connectivity index (χ1) is 9.65. The van der Waals surface area contributed by atoms with Gasteiger partial charge in [0.25, 0.3) is 0 Å². The minimum absolute atomic E-state index is 0.0273. The zero-order chi connectivity index (χ0) is 14.1. The van der Waals surface area contributed by atoms with E-state index < -0.39 is 0 Å². The summed E-state index contributed by atoms with van der Waals surface area (Å²) >= 11 is 9.70. The molecule has 5 heteroatoms. The van der Waals surface area contributed by atoms with Gasteiger partial charge in [0.1, 0.15) is 17.6 Å². The van der Waals surface area contributed by atoms with E-state index in [-0.39, 0.29) is 6.10 Å². The maximum absolute atomic E-state index is 6.28. The molecule has 2 aromatic rings. The van der Waals surface area contributed by atoms with Gasteiger partial charge in [0.15, 0.2) is 0 Å². The van der Waals surface area contributed by atoms with Crippen LogP contribution in [0.3, 0.4) is 0 Å². The fraction of sp³-hybridized carbons (Fsp3) is 0.333. The third kappa shape index (κ3) is 2.73. The zero-order valence-corrected chi connectivity index (χ0v) is 13.4. The van der Waals surface area contributed by atoms with Gasteiger partial charge in [-0.25, -0.2) is 0 Å². The van der Waals surface area contributed by atoms with Crippen LogP contribution in [0.15, 0.2) is 39.4 Å². The highest BCUT2D eigenvalue weighted by Gasteiger charge is 2.25. The van der Waals surface area contributed by atoms with E-state index in [2.05, 4.69) is 27.9 Å². The first-order valence-corrected chi connectivity index (χ1v) is 7.67. The molecule has 1 aromatic carbocycles. The Labute approximate surface area is 131 Å². The molecule has 3 rings (SSSR count). The largest absolute Gasteiger partial charge is 0.484 e. The molecule has 1 aliphatic rings. The number of benzene rings is 1. The van der Waals surface area contributed by atoms with E-state index in [4.69, 9.17) is 20.8 Å². The molecule has 2 heterocycles. The van der Waals surface area contributed by atoms with Crippen molar-refractivity contribution in [2.75, 3.05) is 13.6 Å². The van der Waals surface area contributed by atoms with Crippen LogP contribution in [-0.4, -0.2) is 18.5 Å². The van der Waals surface area contributed by atoms with Gasteiger partial charge in [0.2, 0.25) is 0 Å². The molecule has 0 radical (unpaired) electrons. The summed E-state index contributed by atoms with van der Waals surface area (Å²) in [4.78, 5) is 2.23. The van der Waals surface area contributed by atoms with Crippen LogP contribution < -0.4 is 4.74 Å². The molecule has 0 saturated heterocycles. The molecular weight excluding hydrogens is 342 g/mol. The van der Waals surface area contributed by atoms with Crippen LogP contribution in [0.4, 0.5) is 0 Å². The summed E-state index contributed by atoms with van der Waals surface area (Å²) in [6.07, 6.45) is 2.61. The second-order valence-electron chi connectivity index (χ2n) is 4.98. The maximum atomic E-state index is 6.28. The van der Waals surface area contributed by atoms with Crippen LogP contribution in [0.1, 0.15) is 23.8 Å². The smallest absolute Gasteiger partial charge is 0.139 e. The summed E-state index contributed by atoms with van der Waals surface area (Å²) in [6.45, 7) is 1.77. The Morgan fingerprint density at radius 1 is 1.40 bits per heavy atom. The molecule has 1 unspecified atom stereocenters. The van der Waals surface area contributed by atoms with Crippen molar-refractivity contribution >= 4 is 27.5 Å². The number of nitrogens with zero attached hydrogens (tertiary/aromatic N) is 1. The van der Waals surface area contributed by atoms with Crippen molar-refractivity contribution in [2.24, 2.45) is 0 Å². The van der Waals surface area contributed by atoms with Crippen molar-refractivity contribution in [1.29, 1.82) is 0 Å². The normalized spacial score (nSPS) is 19.4. The van der Waals surface area contributed by atoms with E-state index in [1.165, 1.54) is 0 Å². The highest BCUT2D eigenvalue weighted by atomic mass is 79.9. The van der Waals surface area contributed by atoms with E-state index in [9.17, 15) is 0 Å². The first kappa shape index (κ1) is 14.0. The molecule has 0 spiro atoms. The summed E-state index contributed by atoms with van der Waals surface area (Å²) in [5.74, 6) is 1.67. The molecule has 106 valence electrons. The van der Waals surface area contributed by atoms with Gasteiger partial charge >= 0.3 is 0 Å². The average Bonchev–Trinajstić information content (AvgIpc) is 2.82. The maximum Gasteiger partial charge on any atom is 0.139 e. The van der Waals surface area contributed by atoms with Gasteiger partial charge in [-0.1, -0.05) is 17.7 Å². The van der Waals surface area contributed by atoms with Gasteiger partial charge in [0, 0.05) is 23.0 Å². The number of fused-ring (bicyclic) bond motifs is 1. The molecule has 0 N–H and O–H groups in total. The summed E-state index contributed by atoms with van der Waals surface area (Å²) < 4.78 is 12.5. The van der Waals surface area contributed by atoms with Gasteiger partial charge in [0.05, 0.1) is 17.8 Å². The standard InChI is InChI=1S/C15H15BrClNO2/c1-18-7-5-12(10-6-8-19-14(10)9-18)20-13-4-2-3-11(16)15(13)17/h2-4,6,8,12H,5,7,9H2,1H3. The summed E-state index contributed by atoms with van der Waals surface area (Å²) in [7, 11) is 2.08. The van der Waals surface area contributed by atoms with E-state index in [0.717, 1.165) is 35.3 Å². The molecular formula is C15H15BrClNO2. The third-order valence-electron chi connectivity index (χ3n) is 3.50. The summed E-state index contributed by atoms with van der Waals surface area (Å²) in [6, 6.07) is 7.70. The van der Waals surface area contributed by atoms with Crippen molar-refractivity contribution in [3.8, 4) is 5.75 Å². The molecule has 20 heavy (non-hydrogen) atoms. The number of hydrogen-bond donors (Lipinski definition) is 0. The fourth-order valence-electron chi connectivity index (χ4n) is 2.43. The summed E-state index contributed by atoms with van der Waals surface area (Å²) in [5, 5.41) is 0.607. The van der Waals surface area contributed by atoms with Crippen molar-refractivity contribution < 1.29 is 9.15 Å². The lowest BCUT2D eigenvalue weighted by Crippen LogP contribution is -2.18. The lowest BCUT2D eigenvalue weighted by Gasteiger charge is -2.19. The monoisotopic (exact) mass is 355 g/mol. The van der Waals surface area contributed by atoms with Gasteiger partial charge in [-0.05, 0) is 41.2 Å². The zero-order valence-electron chi connectivity index (χ0n) is 11.1. The Hall–Kier alpha value is -0.970. The van der Waals surface area contributed by atoms with Gasteiger partial charge < -0.3 is 9.15 Å². The summed E-state index contributed by atoms with van der Waals surface area (Å²) in [5.41, 5.74) is 1.12. The van der Waals surface area contributed by atoms with Crippen molar-refractivity contribution in [2.45, 2.75) is 19.1 Å². The highest BCUT2D eigenvalue weighted by molar-refractivity contribution is 9.10. The second-order valence-corrected chi connectivity index (χ2v) is 6.22. The average molecular weight is 357 g/mol. The quantitative estimate of drug-likeness (QED) is 0.783. The molecule has 1 atom stereocenters. The van der Waals surface area contributed by atoms with Crippen LogP contribution in [0.2, 0.25) is 5.02 Å². The van der Waals surface area contributed by atoms with Crippen LogP contribution in [0, 0.1) is 0 Å². The molecule has 1 aliphatic heterocycles. The number of halogens is 2. The molecule has 0 amide bonds. The minimum Gasteiger partial charge on any atom is -0.484 e. The predicted molar refractivity (Wildman–Crippen MR) is 82.2 cm³/mol. The van der Waals surface area contributed by atoms with Crippen molar-refractivity contribution in [3.05, 3.63) is 51.3 Å². The van der Waals surface area contributed by atoms with Gasteiger partial charge in [-0.15, -0.1) is 0 Å². The van der Waals surface area contributed by atoms with Crippen LogP contribution in [0.25, 0.3) is 0 Å². The van der Waals surface area contributed by atoms with Gasteiger partial charge in [-0.3, -0.25) is 4.90 Å². The Bertz CT molecular complexity index is 614. The Morgan fingerprint density at radius 3 is 3.10 bits per heavy atom. The third-order valence-corrected chi connectivity index (χ3v) is 4.78. The Morgan fingerprint density at radius 2 is 2.25 bits per heavy atom. The second kappa shape index (κ2) is 5.80. The Kier molecular flexibility index (Phi) is 4.06. The van der Waals surface area contributed by atoms with E-state index in [1.54, 1.807) is 6.26 Å². The van der Waals surface area contributed by atoms with Crippen molar-refractivity contribution in [3.63, 3.8) is 0 Å². The fourth-order valence-corrected chi connectivity index (χ4v) is 2.95. The number of ether oxygens (including phenoxy) is 1. The van der Waals surface area contributed by atoms with Crippen molar-refractivity contribution in [1.82, 2.24) is 4.90 Å². The molecule has 0 bridgehead atoms. The molecule has 0 saturated carbocycles. The Balaban J connectivity index is 1.89. The lowest BCUT2D eigenvalue weighted by molar-refractivity contribution is 0.182. The highest BCUT2D eigenvalue weighted by Crippen LogP contribution is 2.37.